The van der Waals surface area contributed by atoms with Crippen LogP contribution in [-0.4, -0.2) is 24.7 Å². The maximum atomic E-state index is 10.5. The lowest BCUT2D eigenvalue weighted by Gasteiger charge is -2.12. The highest BCUT2D eigenvalue weighted by atomic mass is 35.5. The van der Waals surface area contributed by atoms with Crippen LogP contribution in [-0.2, 0) is 11.2 Å². The zero-order valence-electron chi connectivity index (χ0n) is 9.21. The number of aliphatic carboxylic acids is 1. The van der Waals surface area contributed by atoms with Crippen molar-refractivity contribution >= 4 is 23.3 Å². The first-order valence-electron chi connectivity index (χ1n) is 4.90. The number of hydrogen-bond donors (Lipinski definition) is 2. The zero-order valence-corrected chi connectivity index (χ0v) is 9.97. The first kappa shape index (κ1) is 12.6. The highest BCUT2D eigenvalue weighted by Gasteiger charge is 2.09. The van der Waals surface area contributed by atoms with E-state index in [2.05, 4.69) is 5.32 Å². The predicted octanol–water partition coefficient (Wildman–Crippen LogP) is 2.41. The lowest BCUT2D eigenvalue weighted by Crippen LogP contribution is -2.13. The molecule has 0 bridgehead atoms. The molecular weight excluding hydrogens is 230 g/mol. The molecule has 0 fully saturated rings. The van der Waals surface area contributed by atoms with Gasteiger partial charge in [0.25, 0.3) is 0 Å². The molecule has 0 aliphatic carbocycles. The highest BCUT2D eigenvalue weighted by Crippen LogP contribution is 2.31. The van der Waals surface area contributed by atoms with Crippen LogP contribution in [0.4, 0.5) is 5.69 Å². The summed E-state index contributed by atoms with van der Waals surface area (Å²) in [6.07, 6.45) is 0.782. The Morgan fingerprint density at radius 3 is 2.75 bits per heavy atom. The number of nitrogens with one attached hydrogen (secondary N) is 1. The van der Waals surface area contributed by atoms with E-state index < -0.39 is 5.97 Å². The highest BCUT2D eigenvalue weighted by molar-refractivity contribution is 6.31. The number of methoxy groups -OCH3 is 1. The van der Waals surface area contributed by atoms with Crippen molar-refractivity contribution in [2.45, 2.75) is 13.3 Å². The molecule has 0 aliphatic rings. The van der Waals surface area contributed by atoms with Crippen molar-refractivity contribution in [2.24, 2.45) is 0 Å². The van der Waals surface area contributed by atoms with Crippen LogP contribution in [0.1, 0.15) is 12.5 Å². The molecule has 5 heteroatoms. The summed E-state index contributed by atoms with van der Waals surface area (Å²) in [7, 11) is 1.52. The number of ether oxygens (including phenoxy) is 1. The van der Waals surface area contributed by atoms with Crippen LogP contribution in [0.2, 0.25) is 5.02 Å². The monoisotopic (exact) mass is 243 g/mol. The maximum absolute atomic E-state index is 10.5. The molecule has 0 saturated heterocycles. The van der Waals surface area contributed by atoms with Gasteiger partial charge in [-0.05, 0) is 18.1 Å². The Hall–Kier alpha value is -1.42. The van der Waals surface area contributed by atoms with Gasteiger partial charge < -0.3 is 15.2 Å². The second kappa shape index (κ2) is 5.61. The number of hydrogen-bond acceptors (Lipinski definition) is 3. The van der Waals surface area contributed by atoms with Crippen molar-refractivity contribution in [3.05, 3.63) is 22.7 Å². The SMILES string of the molecule is CCc1cc(NCC(=O)O)c(OC)cc1Cl. The van der Waals surface area contributed by atoms with Crippen molar-refractivity contribution in [3.63, 3.8) is 0 Å². The van der Waals surface area contributed by atoms with E-state index >= 15 is 0 Å². The maximum Gasteiger partial charge on any atom is 0.322 e. The number of aryl methyl sites for hydroxylation is 1. The summed E-state index contributed by atoms with van der Waals surface area (Å²) in [5, 5.41) is 12.0. The predicted molar refractivity (Wildman–Crippen MR) is 63.5 cm³/mol. The molecule has 0 spiro atoms. The molecule has 0 aromatic heterocycles. The number of carboxylic acids is 1. The topological polar surface area (TPSA) is 58.6 Å². The van der Waals surface area contributed by atoms with E-state index in [0.29, 0.717) is 16.5 Å². The average molecular weight is 244 g/mol. The van der Waals surface area contributed by atoms with Crippen LogP contribution in [0.15, 0.2) is 12.1 Å². The van der Waals surface area contributed by atoms with Gasteiger partial charge in [0.15, 0.2) is 0 Å². The van der Waals surface area contributed by atoms with E-state index in [0.717, 1.165) is 12.0 Å². The molecule has 0 heterocycles. The number of anilines is 1. The molecule has 0 atom stereocenters. The third-order valence-electron chi connectivity index (χ3n) is 2.18. The van der Waals surface area contributed by atoms with E-state index in [1.807, 2.05) is 13.0 Å². The normalized spacial score (nSPS) is 9.94. The Balaban J connectivity index is 2.99. The van der Waals surface area contributed by atoms with Crippen LogP contribution in [0, 0.1) is 0 Å². The third-order valence-corrected chi connectivity index (χ3v) is 2.53. The average Bonchev–Trinajstić information content (AvgIpc) is 2.26. The van der Waals surface area contributed by atoms with Gasteiger partial charge in [-0.15, -0.1) is 0 Å². The molecule has 4 nitrogen and oxygen atoms in total. The van der Waals surface area contributed by atoms with Crippen molar-refractivity contribution < 1.29 is 14.6 Å². The molecule has 0 radical (unpaired) electrons. The number of carboxylic acid groups (broad SMARTS) is 1. The van der Waals surface area contributed by atoms with Crippen molar-refractivity contribution in [1.29, 1.82) is 0 Å². The number of benzene rings is 1. The van der Waals surface area contributed by atoms with Crippen LogP contribution in [0.5, 0.6) is 5.75 Å². The summed E-state index contributed by atoms with van der Waals surface area (Å²) in [4.78, 5) is 10.5. The molecule has 1 rings (SSSR count). The minimum atomic E-state index is -0.921. The molecule has 0 aliphatic heterocycles. The Morgan fingerprint density at radius 2 is 2.25 bits per heavy atom. The molecule has 16 heavy (non-hydrogen) atoms. The fraction of sp³-hybridized carbons (Fsp3) is 0.364. The molecule has 0 amide bonds. The summed E-state index contributed by atoms with van der Waals surface area (Å²) < 4.78 is 5.12. The van der Waals surface area contributed by atoms with Gasteiger partial charge in [-0.1, -0.05) is 18.5 Å². The Labute approximate surface area is 99.2 Å². The van der Waals surface area contributed by atoms with Crippen LogP contribution >= 0.6 is 11.6 Å². The Morgan fingerprint density at radius 1 is 1.56 bits per heavy atom. The first-order valence-corrected chi connectivity index (χ1v) is 5.28. The van der Waals surface area contributed by atoms with E-state index in [4.69, 9.17) is 21.4 Å². The summed E-state index contributed by atoms with van der Waals surface area (Å²) in [6, 6.07) is 3.49. The molecule has 0 saturated carbocycles. The van der Waals surface area contributed by atoms with E-state index in [1.54, 1.807) is 6.07 Å². The van der Waals surface area contributed by atoms with Gasteiger partial charge in [0.2, 0.25) is 0 Å². The van der Waals surface area contributed by atoms with E-state index in [9.17, 15) is 4.79 Å². The third kappa shape index (κ3) is 3.03. The van der Waals surface area contributed by atoms with Gasteiger partial charge in [-0.3, -0.25) is 4.79 Å². The van der Waals surface area contributed by atoms with Gasteiger partial charge in [0.05, 0.1) is 12.8 Å². The van der Waals surface area contributed by atoms with Crippen molar-refractivity contribution in [3.8, 4) is 5.75 Å². The Kier molecular flexibility index (Phi) is 4.43. The van der Waals surface area contributed by atoms with Gasteiger partial charge in [0, 0.05) is 11.1 Å². The Bertz CT molecular complexity index is 393. The lowest BCUT2D eigenvalue weighted by atomic mass is 10.1. The summed E-state index contributed by atoms with van der Waals surface area (Å²) in [5.74, 6) is -0.376. The summed E-state index contributed by atoms with van der Waals surface area (Å²) in [5.41, 5.74) is 1.60. The molecule has 88 valence electrons. The number of rotatable bonds is 5. The standard InChI is InChI=1S/C11H14ClNO3/c1-3-7-4-9(13-6-11(14)15)10(16-2)5-8(7)12/h4-5,13H,3,6H2,1-2H3,(H,14,15). The smallest absolute Gasteiger partial charge is 0.322 e. The fourth-order valence-electron chi connectivity index (χ4n) is 1.35. The number of carbonyl (C=O) groups is 1. The number of halogens is 1. The van der Waals surface area contributed by atoms with Gasteiger partial charge in [-0.2, -0.15) is 0 Å². The van der Waals surface area contributed by atoms with Gasteiger partial charge in [0.1, 0.15) is 12.3 Å². The van der Waals surface area contributed by atoms with Crippen molar-refractivity contribution in [1.82, 2.24) is 0 Å². The molecule has 1 aromatic carbocycles. The molecule has 2 N–H and O–H groups in total. The second-order valence-corrected chi connectivity index (χ2v) is 3.65. The van der Waals surface area contributed by atoms with Gasteiger partial charge in [-0.25, -0.2) is 0 Å². The van der Waals surface area contributed by atoms with Crippen LogP contribution in [0.25, 0.3) is 0 Å². The molecular formula is C11H14ClNO3. The van der Waals surface area contributed by atoms with Crippen LogP contribution in [0.3, 0.4) is 0 Å². The van der Waals surface area contributed by atoms with Gasteiger partial charge >= 0.3 is 5.97 Å². The molecule has 1 aromatic rings. The minimum Gasteiger partial charge on any atom is -0.495 e. The largest absolute Gasteiger partial charge is 0.495 e. The molecule has 0 unspecified atom stereocenters. The quantitative estimate of drug-likeness (QED) is 0.834. The van der Waals surface area contributed by atoms with E-state index in [1.165, 1.54) is 7.11 Å². The zero-order chi connectivity index (χ0) is 12.1. The lowest BCUT2D eigenvalue weighted by molar-refractivity contribution is -0.134. The fourth-order valence-corrected chi connectivity index (χ4v) is 1.64. The minimum absolute atomic E-state index is 0.152. The first-order chi connectivity index (χ1) is 7.58. The van der Waals surface area contributed by atoms with Crippen LogP contribution < -0.4 is 10.1 Å². The summed E-state index contributed by atoms with van der Waals surface area (Å²) in [6.45, 7) is 1.83. The van der Waals surface area contributed by atoms with Crippen molar-refractivity contribution in [2.75, 3.05) is 19.0 Å². The van der Waals surface area contributed by atoms with E-state index in [-0.39, 0.29) is 6.54 Å². The summed E-state index contributed by atoms with van der Waals surface area (Å²) >= 11 is 6.02. The second-order valence-electron chi connectivity index (χ2n) is 3.24.